The summed E-state index contributed by atoms with van der Waals surface area (Å²) in [7, 11) is 0. The van der Waals surface area contributed by atoms with Crippen molar-refractivity contribution in [3.05, 3.63) is 106 Å². The molecule has 0 atom stereocenters. The zero-order valence-electron chi connectivity index (χ0n) is 17.3. The Hall–Kier alpha value is -3.60. The Labute approximate surface area is 199 Å². The quantitative estimate of drug-likeness (QED) is 0.260. The van der Waals surface area contributed by atoms with E-state index < -0.39 is 0 Å². The highest BCUT2D eigenvalue weighted by Crippen LogP contribution is 2.29. The van der Waals surface area contributed by atoms with Crippen LogP contribution < -0.4 is 0 Å². The van der Waals surface area contributed by atoms with Gasteiger partial charge in [0.05, 0.1) is 0 Å². The molecule has 0 spiro atoms. The van der Waals surface area contributed by atoms with Gasteiger partial charge < -0.3 is 8.83 Å². The minimum atomic E-state index is 0.580. The van der Waals surface area contributed by atoms with Crippen LogP contribution in [0.3, 0.4) is 0 Å². The van der Waals surface area contributed by atoms with Crippen LogP contribution in [0.25, 0.3) is 45.1 Å². The molecular weight excluding hydrogens is 455 g/mol. The average Bonchev–Trinajstić information content (AvgIpc) is 3.44. The van der Waals surface area contributed by atoms with Gasteiger partial charge in [-0.25, -0.2) is 9.97 Å². The highest BCUT2D eigenvalue weighted by atomic mass is 35.5. The molecule has 0 saturated heterocycles. The van der Waals surface area contributed by atoms with Crippen LogP contribution in [0.2, 0.25) is 10.0 Å². The van der Waals surface area contributed by atoms with Gasteiger partial charge in [0, 0.05) is 21.2 Å². The van der Waals surface area contributed by atoms with Crippen LogP contribution >= 0.6 is 23.2 Å². The highest BCUT2D eigenvalue weighted by molar-refractivity contribution is 6.30. The van der Waals surface area contributed by atoms with Gasteiger partial charge in [0.25, 0.3) is 0 Å². The van der Waals surface area contributed by atoms with Crippen molar-refractivity contribution in [1.82, 2.24) is 9.97 Å². The molecule has 2 heterocycles. The molecule has 0 amide bonds. The number of fused-ring (bicyclic) bond motifs is 2. The normalized spacial score (nSPS) is 11.5. The maximum atomic E-state index is 6.01. The second-order valence-corrected chi connectivity index (χ2v) is 8.71. The predicted octanol–water partition coefficient (Wildman–Crippen LogP) is 8.20. The van der Waals surface area contributed by atoms with Crippen LogP contribution in [0.15, 0.2) is 93.8 Å². The van der Waals surface area contributed by atoms with Crippen molar-refractivity contribution >= 4 is 45.4 Å². The topological polar surface area (TPSA) is 52.1 Å². The van der Waals surface area contributed by atoms with E-state index in [1.165, 1.54) is 0 Å². The van der Waals surface area contributed by atoms with Crippen molar-refractivity contribution in [2.45, 2.75) is 6.42 Å². The molecule has 6 aromatic rings. The van der Waals surface area contributed by atoms with Crippen LogP contribution in [0, 0.1) is 0 Å². The number of hydrogen-bond acceptors (Lipinski definition) is 4. The third-order valence-electron chi connectivity index (χ3n) is 5.50. The second kappa shape index (κ2) is 8.07. The van der Waals surface area contributed by atoms with Crippen molar-refractivity contribution in [2.24, 2.45) is 0 Å². The summed E-state index contributed by atoms with van der Waals surface area (Å²) in [6.07, 6.45) is 0.736. The zero-order valence-corrected chi connectivity index (χ0v) is 18.8. The van der Waals surface area contributed by atoms with Crippen molar-refractivity contribution in [3.8, 4) is 22.9 Å². The summed E-state index contributed by atoms with van der Waals surface area (Å²) in [5.74, 6) is 1.16. The number of halogens is 2. The third-order valence-corrected chi connectivity index (χ3v) is 6.00. The summed E-state index contributed by atoms with van der Waals surface area (Å²) in [4.78, 5) is 9.19. The summed E-state index contributed by atoms with van der Waals surface area (Å²) >= 11 is 12.0. The summed E-state index contributed by atoms with van der Waals surface area (Å²) in [5, 5.41) is 1.36. The Morgan fingerprint density at radius 1 is 0.545 bits per heavy atom. The van der Waals surface area contributed by atoms with E-state index in [-0.39, 0.29) is 0 Å². The van der Waals surface area contributed by atoms with E-state index in [4.69, 9.17) is 32.0 Å². The van der Waals surface area contributed by atoms with E-state index in [9.17, 15) is 0 Å². The summed E-state index contributed by atoms with van der Waals surface area (Å²) < 4.78 is 12.0. The highest BCUT2D eigenvalue weighted by Gasteiger charge is 2.11. The fourth-order valence-electron chi connectivity index (χ4n) is 3.83. The molecule has 33 heavy (non-hydrogen) atoms. The van der Waals surface area contributed by atoms with E-state index in [2.05, 4.69) is 22.1 Å². The van der Waals surface area contributed by atoms with Gasteiger partial charge in [-0.05, 0) is 90.3 Å². The van der Waals surface area contributed by atoms with Crippen LogP contribution in [0.4, 0.5) is 0 Å². The number of aromatic nitrogens is 2. The summed E-state index contributed by atoms with van der Waals surface area (Å²) in [6, 6.07) is 27.1. The maximum absolute atomic E-state index is 6.01. The van der Waals surface area contributed by atoms with Crippen molar-refractivity contribution in [3.63, 3.8) is 0 Å². The lowest BCUT2D eigenvalue weighted by Gasteiger charge is -2.01. The molecule has 0 aliphatic heterocycles. The number of hydrogen-bond donors (Lipinski definition) is 0. The molecule has 6 rings (SSSR count). The Kier molecular flexibility index (Phi) is 4.90. The molecule has 0 unspecified atom stereocenters. The van der Waals surface area contributed by atoms with Gasteiger partial charge in [0.15, 0.2) is 11.2 Å². The zero-order chi connectivity index (χ0) is 22.4. The predicted molar refractivity (Wildman–Crippen MR) is 132 cm³/mol. The largest absolute Gasteiger partial charge is 0.436 e. The molecule has 0 bridgehead atoms. The summed E-state index contributed by atoms with van der Waals surface area (Å²) in [5.41, 5.74) is 7.18. The third kappa shape index (κ3) is 3.99. The number of benzene rings is 4. The Bertz CT molecular complexity index is 1480. The number of oxazole rings is 2. The molecule has 0 aliphatic rings. The van der Waals surface area contributed by atoms with Gasteiger partial charge in [-0.1, -0.05) is 35.3 Å². The van der Waals surface area contributed by atoms with Gasteiger partial charge in [0.1, 0.15) is 11.0 Å². The molecule has 0 saturated carbocycles. The molecule has 160 valence electrons. The SMILES string of the molecule is Clc1ccc(-c2nc3ccc(Cc4ccc5nc(-c6ccc(Cl)cc6)oc5c4)cc3o2)cc1. The van der Waals surface area contributed by atoms with Gasteiger partial charge >= 0.3 is 0 Å². The first-order chi connectivity index (χ1) is 16.1. The number of nitrogens with zero attached hydrogens (tertiary/aromatic N) is 2. The lowest BCUT2D eigenvalue weighted by atomic mass is 10.0. The second-order valence-electron chi connectivity index (χ2n) is 7.83. The maximum Gasteiger partial charge on any atom is 0.227 e. The Balaban J connectivity index is 1.28. The van der Waals surface area contributed by atoms with Crippen molar-refractivity contribution in [2.75, 3.05) is 0 Å². The average molecular weight is 471 g/mol. The van der Waals surface area contributed by atoms with Gasteiger partial charge in [-0.2, -0.15) is 0 Å². The summed E-state index contributed by atoms with van der Waals surface area (Å²) in [6.45, 7) is 0. The standard InChI is InChI=1S/C27H16Cl2N2O2/c28-20-7-3-18(4-8-20)26-30-22-11-1-16(14-24(22)32-26)13-17-2-12-23-25(15-17)33-27(31-23)19-5-9-21(29)10-6-19/h1-12,14-15H,13H2. The van der Waals surface area contributed by atoms with E-state index in [0.717, 1.165) is 50.9 Å². The lowest BCUT2D eigenvalue weighted by molar-refractivity contribution is 0.619. The molecule has 0 fully saturated rings. The fourth-order valence-corrected chi connectivity index (χ4v) is 4.08. The first kappa shape index (κ1) is 20.0. The fraction of sp³-hybridized carbons (Fsp3) is 0.0370. The smallest absolute Gasteiger partial charge is 0.227 e. The first-order valence-electron chi connectivity index (χ1n) is 10.4. The van der Waals surface area contributed by atoms with Gasteiger partial charge in [0.2, 0.25) is 11.8 Å². The minimum absolute atomic E-state index is 0.580. The van der Waals surface area contributed by atoms with Gasteiger partial charge in [-0.3, -0.25) is 0 Å². The Morgan fingerprint density at radius 2 is 0.970 bits per heavy atom. The Morgan fingerprint density at radius 3 is 1.39 bits per heavy atom. The van der Waals surface area contributed by atoms with E-state index in [0.29, 0.717) is 21.8 Å². The van der Waals surface area contributed by atoms with Crippen LogP contribution in [-0.2, 0) is 6.42 Å². The van der Waals surface area contributed by atoms with Crippen LogP contribution in [0.5, 0.6) is 0 Å². The minimum Gasteiger partial charge on any atom is -0.436 e. The molecule has 0 N–H and O–H groups in total. The molecule has 0 aliphatic carbocycles. The lowest BCUT2D eigenvalue weighted by Crippen LogP contribution is -1.87. The van der Waals surface area contributed by atoms with E-state index in [1.54, 1.807) is 0 Å². The van der Waals surface area contributed by atoms with Crippen LogP contribution in [0.1, 0.15) is 11.1 Å². The van der Waals surface area contributed by atoms with E-state index >= 15 is 0 Å². The molecule has 6 heteroatoms. The molecule has 4 aromatic carbocycles. The molecule has 0 radical (unpaired) electrons. The molecular formula is C27H16Cl2N2O2. The monoisotopic (exact) mass is 470 g/mol. The molecule has 2 aromatic heterocycles. The molecule has 4 nitrogen and oxygen atoms in total. The van der Waals surface area contributed by atoms with Crippen molar-refractivity contribution < 1.29 is 8.83 Å². The number of rotatable bonds is 4. The van der Waals surface area contributed by atoms with E-state index in [1.807, 2.05) is 72.8 Å². The first-order valence-corrected chi connectivity index (χ1v) is 11.2. The van der Waals surface area contributed by atoms with Crippen LogP contribution in [-0.4, -0.2) is 9.97 Å². The van der Waals surface area contributed by atoms with Gasteiger partial charge in [-0.15, -0.1) is 0 Å². The van der Waals surface area contributed by atoms with Crippen molar-refractivity contribution in [1.29, 1.82) is 0 Å².